The molecule has 0 bridgehead atoms. The molecular weight excluding hydrogens is 670 g/mol. The number of nitrogens with zero attached hydrogens (tertiary/aromatic N) is 4. The van der Waals surface area contributed by atoms with Crippen LogP contribution in [0, 0.1) is 19.7 Å². The number of hydrogen-bond donors (Lipinski definition) is 1. The minimum atomic E-state index is -0.233. The SMILES string of the molecule is COc1cc(C(=O)N2CCC(CCN3CCC(Nc4nc5ccccc5n4Cc4ccc(F)cc4)CC3)(c3ccc(C)c(C)c3)C2)cc(OC)c1OC. The largest absolute Gasteiger partial charge is 0.493 e. The number of piperidine rings is 1. The van der Waals surface area contributed by atoms with Gasteiger partial charge in [0.15, 0.2) is 11.5 Å². The maximum atomic E-state index is 14.0. The number of para-hydroxylation sites is 2. The van der Waals surface area contributed by atoms with Crippen LogP contribution in [0.4, 0.5) is 10.3 Å². The zero-order chi connectivity index (χ0) is 37.1. The van der Waals surface area contributed by atoms with E-state index in [-0.39, 0.29) is 17.1 Å². The Kier molecular flexibility index (Phi) is 10.6. The standard InChI is InChI=1S/C43H50FN5O4/c1-29-10-13-33(24-30(29)2)43(19-23-48(28-43)41(50)32-25-38(51-3)40(53-5)39(26-32)52-4)18-22-47-20-16-35(17-21-47)45-42-46-36-8-6-7-9-37(36)49(42)27-31-11-14-34(44)15-12-31/h6-15,24-26,35H,16-23,27-28H2,1-5H3,(H,45,46). The Hall–Kier alpha value is -5.09. The number of imidazole rings is 1. The van der Waals surface area contributed by atoms with Gasteiger partial charge in [-0.05, 0) is 105 Å². The Morgan fingerprint density at radius 3 is 2.28 bits per heavy atom. The predicted octanol–water partition coefficient (Wildman–Crippen LogP) is 7.62. The van der Waals surface area contributed by atoms with Crippen LogP contribution in [-0.4, -0.2) is 85.4 Å². The van der Waals surface area contributed by atoms with Crippen molar-refractivity contribution in [3.05, 3.63) is 112 Å². The van der Waals surface area contributed by atoms with Crippen LogP contribution in [-0.2, 0) is 12.0 Å². The molecule has 278 valence electrons. The number of fused-ring (bicyclic) bond motifs is 1. The summed E-state index contributed by atoms with van der Waals surface area (Å²) in [5.74, 6) is 2.00. The summed E-state index contributed by atoms with van der Waals surface area (Å²) in [5, 5.41) is 3.77. The molecule has 2 aliphatic heterocycles. The van der Waals surface area contributed by atoms with E-state index in [0.29, 0.717) is 48.5 Å². The number of methoxy groups -OCH3 is 3. The Balaban J connectivity index is 1.04. The third-order valence-corrected chi connectivity index (χ3v) is 11.4. The average molecular weight is 720 g/mol. The summed E-state index contributed by atoms with van der Waals surface area (Å²) in [4.78, 5) is 23.6. The second-order valence-electron chi connectivity index (χ2n) is 14.6. The molecule has 1 aromatic heterocycles. The summed E-state index contributed by atoms with van der Waals surface area (Å²) >= 11 is 0. The van der Waals surface area contributed by atoms with Gasteiger partial charge in [0.05, 0.1) is 38.9 Å². The third-order valence-electron chi connectivity index (χ3n) is 11.4. The molecule has 5 aromatic rings. The molecule has 1 amide bonds. The van der Waals surface area contributed by atoms with E-state index in [2.05, 4.69) is 52.9 Å². The fourth-order valence-electron chi connectivity index (χ4n) is 8.06. The highest BCUT2D eigenvalue weighted by Crippen LogP contribution is 2.42. The maximum Gasteiger partial charge on any atom is 0.254 e. The molecule has 53 heavy (non-hydrogen) atoms. The lowest BCUT2D eigenvalue weighted by molar-refractivity contribution is 0.0779. The van der Waals surface area contributed by atoms with Crippen molar-refractivity contribution in [3.63, 3.8) is 0 Å². The molecule has 2 saturated heterocycles. The van der Waals surface area contributed by atoms with Crippen molar-refractivity contribution in [3.8, 4) is 17.2 Å². The van der Waals surface area contributed by atoms with Crippen LogP contribution in [0.2, 0.25) is 0 Å². The molecule has 2 fully saturated rings. The van der Waals surface area contributed by atoms with Crippen LogP contribution in [0.3, 0.4) is 0 Å². The van der Waals surface area contributed by atoms with E-state index in [1.54, 1.807) is 33.5 Å². The van der Waals surface area contributed by atoms with E-state index in [1.807, 2.05) is 35.2 Å². The van der Waals surface area contributed by atoms with Crippen molar-refractivity contribution < 1.29 is 23.4 Å². The number of rotatable bonds is 12. The van der Waals surface area contributed by atoms with E-state index in [9.17, 15) is 9.18 Å². The Morgan fingerprint density at radius 2 is 1.60 bits per heavy atom. The highest BCUT2D eigenvalue weighted by molar-refractivity contribution is 5.96. The summed E-state index contributed by atoms with van der Waals surface area (Å²) in [6.45, 7) is 9.17. The summed E-state index contributed by atoms with van der Waals surface area (Å²) in [6.07, 6.45) is 3.86. The molecule has 7 rings (SSSR count). The van der Waals surface area contributed by atoms with Gasteiger partial charge < -0.3 is 33.9 Å². The summed E-state index contributed by atoms with van der Waals surface area (Å²) in [6, 6.07) is 25.5. The van der Waals surface area contributed by atoms with Crippen LogP contribution >= 0.6 is 0 Å². The van der Waals surface area contributed by atoms with Gasteiger partial charge in [0, 0.05) is 43.2 Å². The average Bonchev–Trinajstić information content (AvgIpc) is 3.77. The van der Waals surface area contributed by atoms with Gasteiger partial charge >= 0.3 is 0 Å². The van der Waals surface area contributed by atoms with E-state index < -0.39 is 0 Å². The second kappa shape index (κ2) is 15.5. The zero-order valence-corrected chi connectivity index (χ0v) is 31.5. The summed E-state index contributed by atoms with van der Waals surface area (Å²) in [7, 11) is 4.70. The fraction of sp³-hybridized carbons (Fsp3) is 0.395. The summed E-state index contributed by atoms with van der Waals surface area (Å²) in [5.41, 5.74) is 7.24. The number of aryl methyl sites for hydroxylation is 2. The molecule has 4 aromatic carbocycles. The highest BCUT2D eigenvalue weighted by Gasteiger charge is 2.42. The number of likely N-dealkylation sites (tertiary alicyclic amines) is 2. The van der Waals surface area contributed by atoms with Crippen molar-refractivity contribution in [2.45, 2.75) is 57.5 Å². The first-order valence-electron chi connectivity index (χ1n) is 18.6. The first-order valence-corrected chi connectivity index (χ1v) is 18.6. The van der Waals surface area contributed by atoms with Gasteiger partial charge in [0.1, 0.15) is 5.82 Å². The number of anilines is 1. The highest BCUT2D eigenvalue weighted by atomic mass is 19.1. The molecule has 1 unspecified atom stereocenters. The zero-order valence-electron chi connectivity index (χ0n) is 31.5. The van der Waals surface area contributed by atoms with E-state index in [0.717, 1.165) is 67.9 Å². The van der Waals surface area contributed by atoms with Gasteiger partial charge in [-0.15, -0.1) is 0 Å². The second-order valence-corrected chi connectivity index (χ2v) is 14.6. The van der Waals surface area contributed by atoms with Gasteiger partial charge in [0.25, 0.3) is 5.91 Å². The molecule has 1 N–H and O–H groups in total. The van der Waals surface area contributed by atoms with Crippen molar-refractivity contribution in [1.82, 2.24) is 19.4 Å². The van der Waals surface area contributed by atoms with Crippen LogP contribution in [0.1, 0.15) is 58.3 Å². The summed E-state index contributed by atoms with van der Waals surface area (Å²) < 4.78 is 32.5. The van der Waals surface area contributed by atoms with Crippen LogP contribution < -0.4 is 19.5 Å². The van der Waals surface area contributed by atoms with E-state index in [1.165, 1.54) is 28.8 Å². The molecule has 0 saturated carbocycles. The van der Waals surface area contributed by atoms with Gasteiger partial charge in [-0.2, -0.15) is 0 Å². The van der Waals surface area contributed by atoms with Crippen LogP contribution in [0.15, 0.2) is 78.9 Å². The molecular formula is C43H50FN5O4. The molecule has 10 heteroatoms. The quantitative estimate of drug-likeness (QED) is 0.142. The smallest absolute Gasteiger partial charge is 0.254 e. The number of carbonyl (C=O) groups excluding carboxylic acids is 1. The van der Waals surface area contributed by atoms with Crippen molar-refractivity contribution in [2.24, 2.45) is 0 Å². The number of benzene rings is 4. The minimum absolute atomic E-state index is 0.0349. The van der Waals surface area contributed by atoms with E-state index in [4.69, 9.17) is 19.2 Å². The molecule has 0 aliphatic carbocycles. The van der Waals surface area contributed by atoms with Crippen LogP contribution in [0.25, 0.3) is 11.0 Å². The number of hydrogen-bond acceptors (Lipinski definition) is 7. The van der Waals surface area contributed by atoms with Crippen LogP contribution in [0.5, 0.6) is 17.2 Å². The molecule has 3 heterocycles. The molecule has 0 spiro atoms. The maximum absolute atomic E-state index is 14.0. The number of halogens is 1. The van der Waals surface area contributed by atoms with E-state index >= 15 is 0 Å². The Bertz CT molecular complexity index is 2050. The normalized spacial score (nSPS) is 18.0. The Morgan fingerprint density at radius 1 is 0.887 bits per heavy atom. The number of aromatic nitrogens is 2. The number of ether oxygens (including phenoxy) is 3. The molecule has 2 aliphatic rings. The van der Waals surface area contributed by atoms with Crippen molar-refractivity contribution >= 4 is 22.9 Å². The number of carbonyl (C=O) groups is 1. The third kappa shape index (κ3) is 7.55. The lowest BCUT2D eigenvalue weighted by atomic mass is 9.75. The first-order chi connectivity index (χ1) is 25.7. The lowest BCUT2D eigenvalue weighted by Gasteiger charge is -2.36. The van der Waals surface area contributed by atoms with Gasteiger partial charge in [-0.3, -0.25) is 4.79 Å². The topological polar surface area (TPSA) is 81.1 Å². The molecule has 9 nitrogen and oxygen atoms in total. The van der Waals surface area contributed by atoms with Crippen molar-refractivity contribution in [1.29, 1.82) is 0 Å². The number of amides is 1. The monoisotopic (exact) mass is 719 g/mol. The molecule has 0 radical (unpaired) electrons. The predicted molar refractivity (Wildman–Crippen MR) is 207 cm³/mol. The first kappa shape index (κ1) is 36.3. The van der Waals surface area contributed by atoms with Gasteiger partial charge in [0.2, 0.25) is 11.7 Å². The minimum Gasteiger partial charge on any atom is -0.493 e. The lowest BCUT2D eigenvalue weighted by Crippen LogP contribution is -2.42. The number of nitrogens with one attached hydrogen (secondary N) is 1. The van der Waals surface area contributed by atoms with Gasteiger partial charge in [-0.25, -0.2) is 9.37 Å². The fourth-order valence-corrected chi connectivity index (χ4v) is 8.06. The van der Waals surface area contributed by atoms with Gasteiger partial charge in [-0.1, -0.05) is 42.5 Å². The van der Waals surface area contributed by atoms with Crippen molar-refractivity contribution in [2.75, 3.05) is 59.4 Å². The molecule has 1 atom stereocenters. The Labute approximate surface area is 311 Å².